The number of aliphatic imine (C=N–C) groups is 1. The molecule has 8 nitrogen and oxygen atoms in total. The van der Waals surface area contributed by atoms with Crippen LogP contribution < -0.4 is 22.1 Å². The standard InChI is InChI=1S/C16H10ClF3N8/c17-8-3-1-2-7(16(18,19)20)9(8)12-10-11(23)6(4-21)13(24)27-14(10)28-15(26-12)25-5-22/h1-3,12H,(H6,23,24,25,26,27,28). The van der Waals surface area contributed by atoms with E-state index in [0.717, 1.165) is 12.1 Å². The van der Waals surface area contributed by atoms with Crippen LogP contribution in [0.3, 0.4) is 0 Å². The molecule has 0 bridgehead atoms. The van der Waals surface area contributed by atoms with Crippen LogP contribution in [0.5, 0.6) is 0 Å². The van der Waals surface area contributed by atoms with E-state index in [1.54, 1.807) is 12.3 Å². The van der Waals surface area contributed by atoms with Gasteiger partial charge in [-0.05, 0) is 12.1 Å². The van der Waals surface area contributed by atoms with Crippen molar-refractivity contribution in [1.82, 2.24) is 10.3 Å². The zero-order chi connectivity index (χ0) is 20.6. The van der Waals surface area contributed by atoms with Crippen LogP contribution in [0.4, 0.5) is 30.5 Å². The minimum absolute atomic E-state index is 0.00663. The van der Waals surface area contributed by atoms with E-state index in [0.29, 0.717) is 0 Å². The Bertz CT molecular complexity index is 1080. The first-order valence-corrected chi connectivity index (χ1v) is 7.91. The van der Waals surface area contributed by atoms with Crippen molar-refractivity contribution in [1.29, 1.82) is 10.5 Å². The minimum Gasteiger partial charge on any atom is -0.397 e. The van der Waals surface area contributed by atoms with Crippen molar-refractivity contribution in [3.8, 4) is 12.3 Å². The summed E-state index contributed by atoms with van der Waals surface area (Å²) in [5, 5.41) is 22.7. The van der Waals surface area contributed by atoms with Crippen LogP contribution in [0.25, 0.3) is 0 Å². The second-order valence-electron chi connectivity index (χ2n) is 5.60. The van der Waals surface area contributed by atoms with E-state index < -0.39 is 17.8 Å². The monoisotopic (exact) mass is 406 g/mol. The summed E-state index contributed by atoms with van der Waals surface area (Å²) in [6.45, 7) is 0. The summed E-state index contributed by atoms with van der Waals surface area (Å²) < 4.78 is 40.8. The molecule has 12 heteroatoms. The van der Waals surface area contributed by atoms with Crippen LogP contribution in [0.2, 0.25) is 5.02 Å². The van der Waals surface area contributed by atoms with Gasteiger partial charge in [-0.15, -0.1) is 0 Å². The number of aromatic nitrogens is 1. The smallest absolute Gasteiger partial charge is 0.397 e. The molecule has 1 unspecified atom stereocenters. The highest BCUT2D eigenvalue weighted by Gasteiger charge is 2.39. The largest absolute Gasteiger partial charge is 0.416 e. The zero-order valence-electron chi connectivity index (χ0n) is 13.8. The van der Waals surface area contributed by atoms with Crippen LogP contribution in [0.15, 0.2) is 23.2 Å². The van der Waals surface area contributed by atoms with Crippen molar-refractivity contribution >= 4 is 34.9 Å². The van der Waals surface area contributed by atoms with Gasteiger partial charge in [0.2, 0.25) is 5.96 Å². The van der Waals surface area contributed by atoms with Crippen molar-refractivity contribution in [2.45, 2.75) is 12.2 Å². The minimum atomic E-state index is -4.74. The maximum absolute atomic E-state index is 13.6. The van der Waals surface area contributed by atoms with Gasteiger partial charge >= 0.3 is 6.18 Å². The molecule has 28 heavy (non-hydrogen) atoms. The number of nitrogen functional groups attached to an aromatic ring is 2. The van der Waals surface area contributed by atoms with E-state index in [4.69, 9.17) is 28.3 Å². The number of nitrogens with two attached hydrogens (primary N) is 2. The summed E-state index contributed by atoms with van der Waals surface area (Å²) in [7, 11) is 0. The van der Waals surface area contributed by atoms with E-state index in [2.05, 4.69) is 20.6 Å². The number of nitrogens with zero attached hydrogens (tertiary/aromatic N) is 4. The lowest BCUT2D eigenvalue weighted by molar-refractivity contribution is -0.138. The molecule has 142 valence electrons. The number of guanidine groups is 1. The number of nitrogens with one attached hydrogen (secondary N) is 2. The van der Waals surface area contributed by atoms with Gasteiger partial charge in [-0.3, -0.25) is 5.32 Å². The highest BCUT2D eigenvalue weighted by atomic mass is 35.5. The number of hydrogen-bond donors (Lipinski definition) is 4. The fourth-order valence-electron chi connectivity index (χ4n) is 2.85. The first-order chi connectivity index (χ1) is 13.2. The first-order valence-electron chi connectivity index (χ1n) is 7.53. The van der Waals surface area contributed by atoms with Gasteiger partial charge in [0.05, 0.1) is 11.3 Å². The quantitative estimate of drug-likeness (QED) is 0.420. The van der Waals surface area contributed by atoms with Crippen molar-refractivity contribution < 1.29 is 13.2 Å². The molecule has 1 aromatic heterocycles. The summed E-state index contributed by atoms with van der Waals surface area (Å²) in [4.78, 5) is 8.09. The van der Waals surface area contributed by atoms with Crippen LogP contribution >= 0.6 is 11.6 Å². The average molecular weight is 407 g/mol. The highest BCUT2D eigenvalue weighted by molar-refractivity contribution is 6.31. The Morgan fingerprint density at radius 3 is 2.54 bits per heavy atom. The third-order valence-electron chi connectivity index (χ3n) is 3.99. The first kappa shape index (κ1) is 19.1. The third-order valence-corrected chi connectivity index (χ3v) is 4.32. The molecule has 0 amide bonds. The Morgan fingerprint density at radius 1 is 1.21 bits per heavy atom. The lowest BCUT2D eigenvalue weighted by Crippen LogP contribution is -2.33. The molecule has 3 rings (SSSR count). The molecule has 1 aliphatic rings. The summed E-state index contributed by atoms with van der Waals surface area (Å²) in [6, 6.07) is 3.65. The predicted octanol–water partition coefficient (Wildman–Crippen LogP) is 2.73. The Kier molecular flexibility index (Phi) is 4.63. The van der Waals surface area contributed by atoms with Gasteiger partial charge in [-0.2, -0.15) is 23.7 Å². The van der Waals surface area contributed by atoms with Gasteiger partial charge in [0, 0.05) is 16.1 Å². The fraction of sp³-hybridized carbons (Fsp3) is 0.125. The van der Waals surface area contributed by atoms with E-state index in [1.165, 1.54) is 6.07 Å². The molecule has 0 fully saturated rings. The van der Waals surface area contributed by atoms with E-state index in [9.17, 15) is 18.4 Å². The predicted molar refractivity (Wildman–Crippen MR) is 95.9 cm³/mol. The highest BCUT2D eigenvalue weighted by Crippen LogP contribution is 2.46. The van der Waals surface area contributed by atoms with Crippen molar-refractivity contribution in [2.24, 2.45) is 4.99 Å². The second kappa shape index (κ2) is 6.79. The number of nitriles is 2. The van der Waals surface area contributed by atoms with Crippen LogP contribution in [-0.4, -0.2) is 10.9 Å². The molecular formula is C16H10ClF3N8. The maximum Gasteiger partial charge on any atom is 0.416 e. The molecule has 0 aliphatic carbocycles. The number of alkyl halides is 3. The number of pyridine rings is 1. The molecule has 1 aliphatic heterocycles. The van der Waals surface area contributed by atoms with Gasteiger partial charge in [-0.1, -0.05) is 17.7 Å². The van der Waals surface area contributed by atoms with Crippen molar-refractivity contribution in [3.63, 3.8) is 0 Å². The average Bonchev–Trinajstić information content (AvgIpc) is 2.60. The Morgan fingerprint density at radius 2 is 1.93 bits per heavy atom. The number of benzene rings is 1. The van der Waals surface area contributed by atoms with Crippen LogP contribution in [0.1, 0.15) is 28.3 Å². The van der Waals surface area contributed by atoms with Crippen molar-refractivity contribution in [2.75, 3.05) is 16.8 Å². The molecule has 0 saturated heterocycles. The lowest BCUT2D eigenvalue weighted by Gasteiger charge is -2.28. The topological polar surface area (TPSA) is 149 Å². The molecule has 6 N–H and O–H groups in total. The summed E-state index contributed by atoms with van der Waals surface area (Å²) in [5.74, 6) is -0.442. The fourth-order valence-corrected chi connectivity index (χ4v) is 3.13. The van der Waals surface area contributed by atoms with Crippen LogP contribution in [-0.2, 0) is 6.18 Å². The Hall–Kier alpha value is -3.70. The molecule has 0 radical (unpaired) electrons. The molecular weight excluding hydrogens is 397 g/mol. The van der Waals surface area contributed by atoms with Gasteiger partial charge in [0.1, 0.15) is 29.3 Å². The molecule has 1 aromatic carbocycles. The summed E-state index contributed by atoms with van der Waals surface area (Å²) >= 11 is 6.09. The van der Waals surface area contributed by atoms with Gasteiger partial charge in [0.15, 0.2) is 6.19 Å². The number of halogens is 4. The number of hydrogen-bond acceptors (Lipinski definition) is 8. The Labute approximate surface area is 161 Å². The lowest BCUT2D eigenvalue weighted by atomic mass is 9.91. The van der Waals surface area contributed by atoms with Gasteiger partial charge in [0.25, 0.3) is 0 Å². The third kappa shape index (κ3) is 3.08. The SMILES string of the molecule is N#CNC1=NC(c2c(Cl)cccc2C(F)(F)F)c2c(nc(N)c(C#N)c2N)N1. The summed E-state index contributed by atoms with van der Waals surface area (Å²) in [6.07, 6.45) is -3.13. The Balaban J connectivity index is 2.37. The van der Waals surface area contributed by atoms with E-state index >= 15 is 0 Å². The van der Waals surface area contributed by atoms with E-state index in [-0.39, 0.29) is 45.0 Å². The molecule has 2 aromatic rings. The molecule has 2 heterocycles. The molecule has 0 saturated carbocycles. The van der Waals surface area contributed by atoms with Gasteiger partial charge < -0.3 is 16.8 Å². The van der Waals surface area contributed by atoms with Crippen molar-refractivity contribution in [3.05, 3.63) is 45.5 Å². The second-order valence-corrected chi connectivity index (χ2v) is 6.01. The number of anilines is 3. The molecule has 1 atom stereocenters. The van der Waals surface area contributed by atoms with E-state index in [1.807, 2.05) is 0 Å². The maximum atomic E-state index is 13.6. The summed E-state index contributed by atoms with van der Waals surface area (Å²) in [5.41, 5.74) is 9.90. The molecule has 0 spiro atoms. The number of fused-ring (bicyclic) bond motifs is 1. The number of rotatable bonds is 1. The van der Waals surface area contributed by atoms with Gasteiger partial charge in [-0.25, -0.2) is 9.98 Å². The zero-order valence-corrected chi connectivity index (χ0v) is 14.5. The normalized spacial score (nSPS) is 15.5. The van der Waals surface area contributed by atoms with Crippen LogP contribution in [0, 0.1) is 22.8 Å².